The van der Waals surface area contributed by atoms with E-state index in [-0.39, 0.29) is 0 Å². The zero-order valence-electron chi connectivity index (χ0n) is 11.1. The fraction of sp³-hybridized carbons (Fsp3) is 0.235. The van der Waals surface area contributed by atoms with E-state index in [2.05, 4.69) is 40.1 Å². The Hall–Kier alpha value is -1.80. The summed E-state index contributed by atoms with van der Waals surface area (Å²) in [5.41, 5.74) is 3.92. The molecule has 0 saturated heterocycles. The van der Waals surface area contributed by atoms with Gasteiger partial charge in [-0.25, -0.2) is 0 Å². The van der Waals surface area contributed by atoms with Gasteiger partial charge in [0.1, 0.15) is 0 Å². The van der Waals surface area contributed by atoms with E-state index < -0.39 is 0 Å². The Bertz CT molecular complexity index is 772. The van der Waals surface area contributed by atoms with Crippen molar-refractivity contribution < 1.29 is 0 Å². The third kappa shape index (κ3) is 2.10. The molecule has 4 rings (SSSR count). The minimum Gasteiger partial charge on any atom is -0.260 e. The van der Waals surface area contributed by atoms with Crippen molar-refractivity contribution in [2.45, 2.75) is 25.3 Å². The van der Waals surface area contributed by atoms with Crippen molar-refractivity contribution in [1.82, 2.24) is 9.78 Å². The van der Waals surface area contributed by atoms with Crippen LogP contribution in [-0.2, 0) is 6.54 Å². The molecule has 0 N–H and O–H groups in total. The number of rotatable bonds is 3. The van der Waals surface area contributed by atoms with Crippen molar-refractivity contribution in [2.24, 2.45) is 0 Å². The van der Waals surface area contributed by atoms with Gasteiger partial charge in [0.2, 0.25) is 0 Å². The average Bonchev–Trinajstić information content (AvgIpc) is 3.23. The van der Waals surface area contributed by atoms with E-state index in [9.17, 15) is 0 Å². The third-order valence-electron chi connectivity index (χ3n) is 4.00. The monoisotopic (exact) mass is 282 g/mol. The van der Waals surface area contributed by atoms with Gasteiger partial charge in [0.05, 0.1) is 18.3 Å². The predicted molar refractivity (Wildman–Crippen MR) is 82.3 cm³/mol. The van der Waals surface area contributed by atoms with Gasteiger partial charge in [-0.1, -0.05) is 35.9 Å². The van der Waals surface area contributed by atoms with E-state index in [4.69, 9.17) is 11.6 Å². The van der Waals surface area contributed by atoms with Crippen LogP contribution in [0.3, 0.4) is 0 Å². The molecule has 1 aromatic heterocycles. The maximum absolute atomic E-state index is 6.14. The summed E-state index contributed by atoms with van der Waals surface area (Å²) in [4.78, 5) is 0. The van der Waals surface area contributed by atoms with E-state index in [1.807, 2.05) is 18.3 Å². The molecular formula is C17H15ClN2. The summed E-state index contributed by atoms with van der Waals surface area (Å²) >= 11 is 6.14. The van der Waals surface area contributed by atoms with Gasteiger partial charge in [-0.2, -0.15) is 5.10 Å². The highest BCUT2D eigenvalue weighted by Crippen LogP contribution is 2.42. The molecule has 1 heterocycles. The molecule has 0 bridgehead atoms. The highest BCUT2D eigenvalue weighted by molar-refractivity contribution is 6.30. The Morgan fingerprint density at radius 3 is 2.85 bits per heavy atom. The van der Waals surface area contributed by atoms with Gasteiger partial charge >= 0.3 is 0 Å². The SMILES string of the molecule is Clc1ccc(Cn2ncc3ccccc32)c(C2CC2)c1. The lowest BCUT2D eigenvalue weighted by molar-refractivity contribution is 0.705. The molecule has 100 valence electrons. The van der Waals surface area contributed by atoms with Crippen molar-refractivity contribution in [1.29, 1.82) is 0 Å². The van der Waals surface area contributed by atoms with Gasteiger partial charge in [-0.05, 0) is 48.1 Å². The molecular weight excluding hydrogens is 268 g/mol. The molecule has 1 fully saturated rings. The van der Waals surface area contributed by atoms with Crippen LogP contribution in [0.5, 0.6) is 0 Å². The lowest BCUT2D eigenvalue weighted by Gasteiger charge is -2.10. The molecule has 1 saturated carbocycles. The normalized spacial score (nSPS) is 14.8. The molecule has 0 unspecified atom stereocenters. The fourth-order valence-corrected chi connectivity index (χ4v) is 2.98. The molecule has 0 amide bonds. The smallest absolute Gasteiger partial charge is 0.0686 e. The Morgan fingerprint density at radius 2 is 2.00 bits per heavy atom. The lowest BCUT2D eigenvalue weighted by Crippen LogP contribution is -2.04. The molecule has 0 aliphatic heterocycles. The van der Waals surface area contributed by atoms with E-state index in [1.165, 1.54) is 34.9 Å². The van der Waals surface area contributed by atoms with Crippen molar-refractivity contribution in [3.63, 3.8) is 0 Å². The van der Waals surface area contributed by atoms with Crippen LogP contribution in [-0.4, -0.2) is 9.78 Å². The highest BCUT2D eigenvalue weighted by Gasteiger charge is 2.26. The zero-order chi connectivity index (χ0) is 13.5. The zero-order valence-corrected chi connectivity index (χ0v) is 11.8. The van der Waals surface area contributed by atoms with E-state index in [1.54, 1.807) is 0 Å². The number of para-hydroxylation sites is 1. The first-order valence-electron chi connectivity index (χ1n) is 7.00. The minimum atomic E-state index is 0.700. The second kappa shape index (κ2) is 4.64. The highest BCUT2D eigenvalue weighted by atomic mass is 35.5. The molecule has 20 heavy (non-hydrogen) atoms. The summed E-state index contributed by atoms with van der Waals surface area (Å²) in [5.74, 6) is 0.700. The van der Waals surface area contributed by atoms with Gasteiger partial charge in [-0.15, -0.1) is 0 Å². The number of halogens is 1. The molecule has 2 aromatic carbocycles. The van der Waals surface area contributed by atoms with Gasteiger partial charge in [-0.3, -0.25) is 4.68 Å². The predicted octanol–water partition coefficient (Wildman–Crippen LogP) is 4.62. The average molecular weight is 283 g/mol. The molecule has 1 aliphatic rings. The van der Waals surface area contributed by atoms with Crippen molar-refractivity contribution in [3.8, 4) is 0 Å². The van der Waals surface area contributed by atoms with Gasteiger partial charge in [0.15, 0.2) is 0 Å². The quantitative estimate of drug-likeness (QED) is 0.686. The molecule has 0 atom stereocenters. The second-order valence-corrected chi connectivity index (χ2v) is 5.91. The summed E-state index contributed by atoms with van der Waals surface area (Å²) in [5, 5.41) is 6.54. The summed E-state index contributed by atoms with van der Waals surface area (Å²) in [7, 11) is 0. The number of hydrogen-bond acceptors (Lipinski definition) is 1. The molecule has 1 aliphatic carbocycles. The summed E-state index contributed by atoms with van der Waals surface area (Å²) in [6, 6.07) is 14.6. The summed E-state index contributed by atoms with van der Waals surface area (Å²) in [6.07, 6.45) is 4.50. The molecule has 0 spiro atoms. The summed E-state index contributed by atoms with van der Waals surface area (Å²) in [6.45, 7) is 0.816. The van der Waals surface area contributed by atoms with Crippen molar-refractivity contribution in [3.05, 3.63) is 64.8 Å². The minimum absolute atomic E-state index is 0.700. The standard InChI is InChI=1S/C17H15ClN2/c18-15-8-7-14(16(9-15)12-5-6-12)11-20-17-4-2-1-3-13(17)10-19-20/h1-4,7-10,12H,5-6,11H2. The Balaban J connectivity index is 1.75. The topological polar surface area (TPSA) is 17.8 Å². The fourth-order valence-electron chi connectivity index (χ4n) is 2.80. The van der Waals surface area contributed by atoms with E-state index in [0.717, 1.165) is 11.6 Å². The molecule has 3 heteroatoms. The summed E-state index contributed by atoms with van der Waals surface area (Å²) < 4.78 is 2.07. The van der Waals surface area contributed by atoms with Crippen LogP contribution >= 0.6 is 11.6 Å². The van der Waals surface area contributed by atoms with Crippen LogP contribution < -0.4 is 0 Å². The Labute approximate surface area is 123 Å². The maximum atomic E-state index is 6.14. The van der Waals surface area contributed by atoms with Crippen LogP contribution in [0.4, 0.5) is 0 Å². The van der Waals surface area contributed by atoms with Gasteiger partial charge in [0, 0.05) is 10.4 Å². The molecule has 0 radical (unpaired) electrons. The molecule has 3 aromatic rings. The largest absolute Gasteiger partial charge is 0.260 e. The number of hydrogen-bond donors (Lipinski definition) is 0. The van der Waals surface area contributed by atoms with Crippen LogP contribution in [0, 0.1) is 0 Å². The first kappa shape index (κ1) is 12.0. The number of fused-ring (bicyclic) bond motifs is 1. The van der Waals surface area contributed by atoms with Crippen LogP contribution in [0.25, 0.3) is 10.9 Å². The first-order chi connectivity index (χ1) is 9.81. The van der Waals surface area contributed by atoms with E-state index >= 15 is 0 Å². The van der Waals surface area contributed by atoms with Crippen molar-refractivity contribution >= 4 is 22.5 Å². The lowest BCUT2D eigenvalue weighted by atomic mass is 10.0. The van der Waals surface area contributed by atoms with Gasteiger partial charge < -0.3 is 0 Å². The van der Waals surface area contributed by atoms with Crippen LogP contribution in [0.2, 0.25) is 5.02 Å². The van der Waals surface area contributed by atoms with Crippen LogP contribution in [0.1, 0.15) is 29.9 Å². The van der Waals surface area contributed by atoms with Gasteiger partial charge in [0.25, 0.3) is 0 Å². The third-order valence-corrected chi connectivity index (χ3v) is 4.23. The van der Waals surface area contributed by atoms with Crippen molar-refractivity contribution in [2.75, 3.05) is 0 Å². The van der Waals surface area contributed by atoms with Crippen LogP contribution in [0.15, 0.2) is 48.7 Å². The maximum Gasteiger partial charge on any atom is 0.0686 e. The Kier molecular flexibility index (Phi) is 2.78. The Morgan fingerprint density at radius 1 is 1.15 bits per heavy atom. The number of aromatic nitrogens is 2. The second-order valence-electron chi connectivity index (χ2n) is 5.48. The molecule has 2 nitrogen and oxygen atoms in total. The van der Waals surface area contributed by atoms with E-state index in [0.29, 0.717) is 5.92 Å². The first-order valence-corrected chi connectivity index (χ1v) is 7.38. The number of nitrogens with zero attached hydrogens (tertiary/aromatic N) is 2. The number of benzene rings is 2.